The van der Waals surface area contributed by atoms with Crippen LogP contribution in [0.5, 0.6) is 0 Å². The summed E-state index contributed by atoms with van der Waals surface area (Å²) in [6, 6.07) is 11.7. The van der Waals surface area contributed by atoms with Crippen LogP contribution in [0.3, 0.4) is 0 Å². The molecule has 0 atom stereocenters. The Balaban J connectivity index is 1.66. The number of hydrazine groups is 1. The second-order valence-corrected chi connectivity index (χ2v) is 7.48. The molecule has 9 heteroatoms. The van der Waals surface area contributed by atoms with E-state index in [2.05, 4.69) is 10.3 Å². The second kappa shape index (κ2) is 8.04. The van der Waals surface area contributed by atoms with E-state index in [0.29, 0.717) is 11.3 Å². The Hall–Kier alpha value is -3.98. The van der Waals surface area contributed by atoms with E-state index in [4.69, 9.17) is 11.6 Å². The number of benzene rings is 2. The molecular weight excluding hydrogens is 396 g/mol. The van der Waals surface area contributed by atoms with Gasteiger partial charge in [-0.3, -0.25) is 24.4 Å². The zero-order chi connectivity index (χ0) is 22.1. The Bertz CT molecular complexity index is 1200. The third-order valence-corrected chi connectivity index (χ3v) is 5.18. The van der Waals surface area contributed by atoms with Crippen LogP contribution in [0.15, 0.2) is 48.8 Å². The highest BCUT2D eigenvalue weighted by Gasteiger charge is 2.25. The normalized spacial score (nSPS) is 13.0. The summed E-state index contributed by atoms with van der Waals surface area (Å²) in [5.41, 5.74) is 10.9. The van der Waals surface area contributed by atoms with Crippen LogP contribution < -0.4 is 22.3 Å². The molecule has 31 heavy (non-hydrogen) atoms. The predicted molar refractivity (Wildman–Crippen MR) is 115 cm³/mol. The molecule has 0 unspecified atom stereocenters. The molecule has 0 radical (unpaired) electrons. The summed E-state index contributed by atoms with van der Waals surface area (Å²) in [4.78, 5) is 41.4. The average Bonchev–Trinajstić information content (AvgIpc) is 3.52. The molecule has 0 bridgehead atoms. The standard InChI is InChI=1S/C22H22N6O3/c1-12-5-6-15(21(30)26-16-7-8-16)10-17(12)28-11-25-18(20(28)23)19(29)13-3-2-4-14(9-13)22(31)27-24/h2-6,9-11,16H,7-8,23-24H2,1H3,(H,26,30)(H,27,31). The van der Waals surface area contributed by atoms with Crippen LogP contribution in [0.1, 0.15) is 55.2 Å². The molecule has 2 amide bonds. The Labute approximate surface area is 178 Å². The molecule has 0 aliphatic heterocycles. The number of aromatic nitrogens is 2. The Morgan fingerprint density at radius 2 is 1.74 bits per heavy atom. The van der Waals surface area contributed by atoms with Crippen LogP contribution in [0.4, 0.5) is 5.82 Å². The van der Waals surface area contributed by atoms with Gasteiger partial charge in [0.05, 0.1) is 5.69 Å². The summed E-state index contributed by atoms with van der Waals surface area (Å²) in [5, 5.41) is 2.96. The van der Waals surface area contributed by atoms with Crippen molar-refractivity contribution < 1.29 is 14.4 Å². The Morgan fingerprint density at radius 1 is 1.03 bits per heavy atom. The summed E-state index contributed by atoms with van der Waals surface area (Å²) in [6.45, 7) is 1.88. The maximum Gasteiger partial charge on any atom is 0.265 e. The lowest BCUT2D eigenvalue weighted by Gasteiger charge is -2.12. The van der Waals surface area contributed by atoms with Crippen LogP contribution >= 0.6 is 0 Å². The van der Waals surface area contributed by atoms with Gasteiger partial charge in [0.25, 0.3) is 11.8 Å². The number of amides is 2. The lowest BCUT2D eigenvalue weighted by atomic mass is 10.0. The monoisotopic (exact) mass is 418 g/mol. The number of carbonyl (C=O) groups excluding carboxylic acids is 3. The molecule has 1 aliphatic rings. The van der Waals surface area contributed by atoms with Gasteiger partial charge in [-0.2, -0.15) is 0 Å². The number of nitrogens with two attached hydrogens (primary N) is 2. The van der Waals surface area contributed by atoms with Gasteiger partial charge in [-0.1, -0.05) is 18.2 Å². The minimum absolute atomic E-state index is 0.0533. The summed E-state index contributed by atoms with van der Waals surface area (Å²) >= 11 is 0. The fourth-order valence-corrected chi connectivity index (χ4v) is 3.25. The van der Waals surface area contributed by atoms with Gasteiger partial charge in [0.2, 0.25) is 5.78 Å². The van der Waals surface area contributed by atoms with E-state index in [1.54, 1.807) is 34.9 Å². The topological polar surface area (TPSA) is 145 Å². The van der Waals surface area contributed by atoms with Gasteiger partial charge in [0.1, 0.15) is 12.1 Å². The van der Waals surface area contributed by atoms with E-state index in [0.717, 1.165) is 18.4 Å². The summed E-state index contributed by atoms with van der Waals surface area (Å²) in [7, 11) is 0. The highest BCUT2D eigenvalue weighted by Crippen LogP contribution is 2.25. The smallest absolute Gasteiger partial charge is 0.265 e. The number of ketones is 1. The average molecular weight is 418 g/mol. The van der Waals surface area contributed by atoms with Gasteiger partial charge in [0, 0.05) is 22.7 Å². The third-order valence-electron chi connectivity index (χ3n) is 5.18. The van der Waals surface area contributed by atoms with E-state index >= 15 is 0 Å². The van der Waals surface area contributed by atoms with Crippen LogP contribution in [-0.2, 0) is 0 Å². The number of carbonyl (C=O) groups is 3. The first-order valence-electron chi connectivity index (χ1n) is 9.79. The van der Waals surface area contributed by atoms with Crippen molar-refractivity contribution in [3.63, 3.8) is 0 Å². The van der Waals surface area contributed by atoms with E-state index in [9.17, 15) is 14.4 Å². The molecule has 6 N–H and O–H groups in total. The molecule has 9 nitrogen and oxygen atoms in total. The molecule has 1 saturated carbocycles. The molecule has 0 spiro atoms. The number of hydrogen-bond donors (Lipinski definition) is 4. The van der Waals surface area contributed by atoms with Gasteiger partial charge >= 0.3 is 0 Å². The zero-order valence-electron chi connectivity index (χ0n) is 16.9. The third kappa shape index (κ3) is 4.03. The largest absolute Gasteiger partial charge is 0.383 e. The van der Waals surface area contributed by atoms with Gasteiger partial charge < -0.3 is 11.1 Å². The van der Waals surface area contributed by atoms with E-state index in [-0.39, 0.29) is 34.6 Å². The van der Waals surface area contributed by atoms with Crippen LogP contribution in [0.2, 0.25) is 0 Å². The van der Waals surface area contributed by atoms with Crippen LogP contribution in [0.25, 0.3) is 5.69 Å². The number of hydrogen-bond acceptors (Lipinski definition) is 6. The maximum atomic E-state index is 13.0. The predicted octanol–water partition coefficient (Wildman–Crippen LogP) is 1.49. The highest BCUT2D eigenvalue weighted by molar-refractivity contribution is 6.11. The first kappa shape index (κ1) is 20.3. The fraction of sp³-hybridized carbons (Fsp3) is 0.182. The van der Waals surface area contributed by atoms with Crippen molar-refractivity contribution in [1.29, 1.82) is 0 Å². The molecule has 2 aromatic carbocycles. The molecular formula is C22H22N6O3. The number of imidazole rings is 1. The summed E-state index contributed by atoms with van der Waals surface area (Å²) in [6.07, 6.45) is 3.45. The van der Waals surface area contributed by atoms with Crippen molar-refractivity contribution in [3.05, 3.63) is 76.7 Å². The number of anilines is 1. The Kier molecular flexibility index (Phi) is 5.26. The van der Waals surface area contributed by atoms with Gasteiger partial charge in [-0.15, -0.1) is 0 Å². The maximum absolute atomic E-state index is 13.0. The van der Waals surface area contributed by atoms with Gasteiger partial charge in [0.15, 0.2) is 5.69 Å². The number of aryl methyl sites for hydroxylation is 1. The van der Waals surface area contributed by atoms with Crippen molar-refractivity contribution in [2.24, 2.45) is 5.84 Å². The van der Waals surface area contributed by atoms with Crippen molar-refractivity contribution in [3.8, 4) is 5.69 Å². The Morgan fingerprint density at radius 3 is 2.45 bits per heavy atom. The van der Waals surface area contributed by atoms with Crippen molar-refractivity contribution >= 4 is 23.4 Å². The lowest BCUT2D eigenvalue weighted by Crippen LogP contribution is -2.30. The summed E-state index contributed by atoms with van der Waals surface area (Å²) in [5.74, 6) is 4.22. The fourth-order valence-electron chi connectivity index (χ4n) is 3.25. The SMILES string of the molecule is Cc1ccc(C(=O)NC2CC2)cc1-n1cnc(C(=O)c2cccc(C(=O)NN)c2)c1N. The molecule has 1 aromatic heterocycles. The molecule has 158 valence electrons. The van der Waals surface area contributed by atoms with E-state index < -0.39 is 11.7 Å². The minimum atomic E-state index is -0.509. The first-order chi connectivity index (χ1) is 14.9. The molecule has 1 aliphatic carbocycles. The molecule has 3 aromatic rings. The number of nitrogen functional groups attached to an aromatic ring is 2. The molecule has 0 saturated heterocycles. The van der Waals surface area contributed by atoms with Gasteiger partial charge in [-0.05, 0) is 49.6 Å². The highest BCUT2D eigenvalue weighted by atomic mass is 16.2. The van der Waals surface area contributed by atoms with Crippen molar-refractivity contribution in [1.82, 2.24) is 20.3 Å². The minimum Gasteiger partial charge on any atom is -0.383 e. The lowest BCUT2D eigenvalue weighted by molar-refractivity contribution is 0.0943. The van der Waals surface area contributed by atoms with E-state index in [1.165, 1.54) is 12.4 Å². The summed E-state index contributed by atoms with van der Waals surface area (Å²) < 4.78 is 1.58. The van der Waals surface area contributed by atoms with Crippen LogP contribution in [-0.4, -0.2) is 33.2 Å². The zero-order valence-corrected chi connectivity index (χ0v) is 16.9. The number of nitrogens with zero attached hydrogens (tertiary/aromatic N) is 2. The molecule has 1 heterocycles. The first-order valence-corrected chi connectivity index (χ1v) is 9.79. The van der Waals surface area contributed by atoms with Crippen molar-refractivity contribution in [2.75, 3.05) is 5.73 Å². The number of rotatable bonds is 6. The molecule has 1 fully saturated rings. The number of nitrogens with one attached hydrogen (secondary N) is 2. The molecule has 4 rings (SSSR count). The van der Waals surface area contributed by atoms with Crippen LogP contribution in [0, 0.1) is 6.92 Å². The van der Waals surface area contributed by atoms with Crippen molar-refractivity contribution in [2.45, 2.75) is 25.8 Å². The quantitative estimate of drug-likeness (QED) is 0.207. The van der Waals surface area contributed by atoms with Gasteiger partial charge in [-0.25, -0.2) is 10.8 Å². The van der Waals surface area contributed by atoms with E-state index in [1.807, 2.05) is 18.4 Å². The second-order valence-electron chi connectivity index (χ2n) is 7.48.